The highest BCUT2D eigenvalue weighted by Gasteiger charge is 2.71. The van der Waals surface area contributed by atoms with Crippen LogP contribution in [0.5, 0.6) is 0 Å². The van der Waals surface area contributed by atoms with Gasteiger partial charge < -0.3 is 35.4 Å². The molecule has 0 bridgehead atoms. The number of aliphatic hydroxyl groups is 6. The molecule has 6 N–H and O–H groups in total. The van der Waals surface area contributed by atoms with Crippen molar-refractivity contribution in [2.75, 3.05) is 0 Å². The highest BCUT2D eigenvalue weighted by Crippen LogP contribution is 2.68. The summed E-state index contributed by atoms with van der Waals surface area (Å²) in [4.78, 5) is 25.4. The van der Waals surface area contributed by atoms with Crippen molar-refractivity contribution in [2.45, 2.75) is 128 Å². The van der Waals surface area contributed by atoms with E-state index in [1.807, 2.05) is 13.8 Å². The number of carbonyl (C=O) groups is 2. The van der Waals surface area contributed by atoms with Gasteiger partial charge in [0.05, 0.1) is 29.5 Å². The Kier molecular flexibility index (Phi) is 7.29. The standard InChI is InChI=1S/C29H46O9/c1-15(30)38-23(8-9-25(2,3)35)28(6,36)22-7-10-29(37)17-12-18(31)16-11-19(32)20(33)13-26(16,4)24(17)21(34)14-27(22,29)5/h12,16,19-24,32-37H,7-11,13-14H2,1-6H3/t16-,19+,20-,21+,22-,23+,24+,26-,27+,28+,29+/m0/s1. The average Bonchev–Trinajstić information content (AvgIpc) is 3.03. The maximum Gasteiger partial charge on any atom is 0.303 e. The van der Waals surface area contributed by atoms with E-state index in [1.165, 1.54) is 13.0 Å². The van der Waals surface area contributed by atoms with Gasteiger partial charge in [-0.3, -0.25) is 9.59 Å². The Morgan fingerprint density at radius 1 is 1.11 bits per heavy atom. The third kappa shape index (κ3) is 4.47. The van der Waals surface area contributed by atoms with Gasteiger partial charge in [0.2, 0.25) is 0 Å². The average molecular weight is 539 g/mol. The number of esters is 1. The summed E-state index contributed by atoms with van der Waals surface area (Å²) >= 11 is 0. The van der Waals surface area contributed by atoms with Gasteiger partial charge in [-0.25, -0.2) is 0 Å². The van der Waals surface area contributed by atoms with Crippen LogP contribution in [0.15, 0.2) is 11.6 Å². The van der Waals surface area contributed by atoms with Crippen molar-refractivity contribution in [3.05, 3.63) is 11.6 Å². The molecule has 0 heterocycles. The molecule has 4 aliphatic rings. The third-order valence-electron chi connectivity index (χ3n) is 10.7. The predicted molar refractivity (Wildman–Crippen MR) is 138 cm³/mol. The minimum absolute atomic E-state index is 0.0990. The molecule has 0 aromatic heterocycles. The molecule has 0 aromatic rings. The lowest BCUT2D eigenvalue weighted by Gasteiger charge is -2.62. The summed E-state index contributed by atoms with van der Waals surface area (Å²) in [5.74, 6) is -2.55. The Labute approximate surface area is 224 Å². The number of aliphatic hydroxyl groups excluding tert-OH is 3. The molecule has 216 valence electrons. The first kappa shape index (κ1) is 29.6. The number of carbonyl (C=O) groups excluding carboxylic acids is 2. The maximum atomic E-state index is 13.4. The molecule has 0 aromatic carbocycles. The lowest BCUT2D eigenvalue weighted by molar-refractivity contribution is -0.205. The fourth-order valence-corrected chi connectivity index (χ4v) is 8.80. The van der Waals surface area contributed by atoms with Crippen LogP contribution >= 0.6 is 0 Å². The monoisotopic (exact) mass is 538 g/mol. The summed E-state index contributed by atoms with van der Waals surface area (Å²) in [6.45, 7) is 9.80. The van der Waals surface area contributed by atoms with E-state index in [0.717, 1.165) is 0 Å². The zero-order valence-electron chi connectivity index (χ0n) is 23.5. The van der Waals surface area contributed by atoms with Gasteiger partial charge in [0, 0.05) is 24.2 Å². The van der Waals surface area contributed by atoms with E-state index in [-0.39, 0.29) is 44.3 Å². The maximum absolute atomic E-state index is 13.4. The van der Waals surface area contributed by atoms with Crippen LogP contribution in [-0.4, -0.2) is 83.6 Å². The van der Waals surface area contributed by atoms with E-state index in [1.54, 1.807) is 20.8 Å². The lowest BCUT2D eigenvalue weighted by Crippen LogP contribution is -2.66. The first-order chi connectivity index (χ1) is 17.3. The number of hydrogen-bond donors (Lipinski definition) is 6. The van der Waals surface area contributed by atoms with Crippen molar-refractivity contribution < 1.29 is 45.0 Å². The second-order valence-corrected chi connectivity index (χ2v) is 13.9. The molecule has 11 atom stereocenters. The Morgan fingerprint density at radius 3 is 2.32 bits per heavy atom. The number of hydrogen-bond acceptors (Lipinski definition) is 9. The highest BCUT2D eigenvalue weighted by molar-refractivity contribution is 5.95. The molecular formula is C29H46O9. The normalized spacial score (nSPS) is 45.3. The van der Waals surface area contributed by atoms with E-state index in [4.69, 9.17) is 4.74 Å². The summed E-state index contributed by atoms with van der Waals surface area (Å²) in [6, 6.07) is 0. The largest absolute Gasteiger partial charge is 0.459 e. The molecule has 0 unspecified atom stereocenters. The summed E-state index contributed by atoms with van der Waals surface area (Å²) in [6.07, 6.45) is -1.07. The van der Waals surface area contributed by atoms with Crippen LogP contribution < -0.4 is 0 Å². The molecule has 0 radical (unpaired) electrons. The number of ketones is 1. The minimum Gasteiger partial charge on any atom is -0.459 e. The summed E-state index contributed by atoms with van der Waals surface area (Å²) in [5, 5.41) is 67.1. The summed E-state index contributed by atoms with van der Waals surface area (Å²) in [7, 11) is 0. The summed E-state index contributed by atoms with van der Waals surface area (Å²) in [5.41, 5.74) is -5.61. The van der Waals surface area contributed by atoms with Crippen molar-refractivity contribution in [1.82, 2.24) is 0 Å². The fourth-order valence-electron chi connectivity index (χ4n) is 8.80. The summed E-state index contributed by atoms with van der Waals surface area (Å²) < 4.78 is 5.58. The van der Waals surface area contributed by atoms with Gasteiger partial charge in [-0.2, -0.15) is 0 Å². The number of allylic oxidation sites excluding steroid dienone is 1. The minimum atomic E-state index is -1.60. The first-order valence-electron chi connectivity index (χ1n) is 13.9. The van der Waals surface area contributed by atoms with Crippen LogP contribution in [0.3, 0.4) is 0 Å². The fraction of sp³-hybridized carbons (Fsp3) is 0.862. The molecule has 3 saturated carbocycles. The van der Waals surface area contributed by atoms with E-state index in [0.29, 0.717) is 12.0 Å². The zero-order chi connectivity index (χ0) is 28.6. The van der Waals surface area contributed by atoms with Crippen molar-refractivity contribution >= 4 is 11.8 Å². The topological polar surface area (TPSA) is 165 Å². The van der Waals surface area contributed by atoms with Crippen LogP contribution in [0.1, 0.15) is 86.5 Å². The molecule has 0 aliphatic heterocycles. The van der Waals surface area contributed by atoms with Crippen LogP contribution in [0.4, 0.5) is 0 Å². The third-order valence-corrected chi connectivity index (χ3v) is 10.7. The molecule has 3 fully saturated rings. The quantitative estimate of drug-likeness (QED) is 0.274. The number of fused-ring (bicyclic) bond motifs is 5. The zero-order valence-corrected chi connectivity index (χ0v) is 23.5. The van der Waals surface area contributed by atoms with Crippen LogP contribution in [0, 0.1) is 28.6 Å². The van der Waals surface area contributed by atoms with Crippen molar-refractivity contribution in [3.63, 3.8) is 0 Å². The molecular weight excluding hydrogens is 492 g/mol. The van der Waals surface area contributed by atoms with Gasteiger partial charge in [0.15, 0.2) is 5.78 Å². The van der Waals surface area contributed by atoms with Crippen molar-refractivity contribution in [1.29, 1.82) is 0 Å². The van der Waals surface area contributed by atoms with Crippen LogP contribution in [-0.2, 0) is 14.3 Å². The van der Waals surface area contributed by atoms with Crippen molar-refractivity contribution in [3.8, 4) is 0 Å². The molecule has 9 heteroatoms. The van der Waals surface area contributed by atoms with Gasteiger partial charge >= 0.3 is 5.97 Å². The SMILES string of the molecule is CC(=O)O[C@H](CCC(C)(C)O)[C@](C)(O)[C@H]1CC[C@@]2(O)C3=CC(=O)[C@@H]4C[C@@H](O)[C@@H](O)C[C@]4(C)[C@H]3[C@H](O)C[C@]12C. The Bertz CT molecular complexity index is 998. The van der Waals surface area contributed by atoms with Crippen LogP contribution in [0.2, 0.25) is 0 Å². The van der Waals surface area contributed by atoms with Crippen LogP contribution in [0.25, 0.3) is 0 Å². The van der Waals surface area contributed by atoms with Gasteiger partial charge in [-0.05, 0) is 88.7 Å². The molecule has 9 nitrogen and oxygen atoms in total. The number of rotatable bonds is 6. The van der Waals surface area contributed by atoms with E-state index < -0.39 is 75.8 Å². The molecule has 0 saturated heterocycles. The highest BCUT2D eigenvalue weighted by atomic mass is 16.6. The van der Waals surface area contributed by atoms with Gasteiger partial charge in [0.25, 0.3) is 0 Å². The van der Waals surface area contributed by atoms with Gasteiger partial charge in [-0.1, -0.05) is 13.8 Å². The Morgan fingerprint density at radius 2 is 1.74 bits per heavy atom. The van der Waals surface area contributed by atoms with Gasteiger partial charge in [0.1, 0.15) is 11.7 Å². The van der Waals surface area contributed by atoms with E-state index in [9.17, 15) is 40.2 Å². The molecule has 38 heavy (non-hydrogen) atoms. The Balaban J connectivity index is 1.74. The van der Waals surface area contributed by atoms with Crippen molar-refractivity contribution in [2.24, 2.45) is 28.6 Å². The Hall–Kier alpha value is -1.36. The second kappa shape index (κ2) is 9.35. The molecule has 0 amide bonds. The lowest BCUT2D eigenvalue weighted by atomic mass is 9.44. The van der Waals surface area contributed by atoms with E-state index in [2.05, 4.69) is 0 Å². The second-order valence-electron chi connectivity index (χ2n) is 13.9. The molecule has 4 aliphatic carbocycles. The molecule has 0 spiro atoms. The number of ether oxygens (including phenoxy) is 1. The molecule has 4 rings (SSSR count). The predicted octanol–water partition coefficient (Wildman–Crippen LogP) is 1.40. The first-order valence-corrected chi connectivity index (χ1v) is 13.9. The van der Waals surface area contributed by atoms with E-state index >= 15 is 0 Å². The van der Waals surface area contributed by atoms with Gasteiger partial charge in [-0.15, -0.1) is 0 Å². The smallest absolute Gasteiger partial charge is 0.303 e.